The highest BCUT2D eigenvalue weighted by Gasteiger charge is 2.28. The van der Waals surface area contributed by atoms with Gasteiger partial charge in [-0.25, -0.2) is 4.21 Å². The van der Waals surface area contributed by atoms with E-state index in [1.54, 1.807) is 6.07 Å². The molecule has 0 aliphatic carbocycles. The van der Waals surface area contributed by atoms with Crippen molar-refractivity contribution in [3.8, 4) is 5.75 Å². The molecule has 2 heterocycles. The minimum absolute atomic E-state index is 0.0645. The number of nitrogens with two attached hydrogens (primary N) is 1. The Balaban J connectivity index is 0.00000136. The maximum Gasteiger partial charge on any atom is 0.245 e. The Morgan fingerprint density at radius 2 is 2.14 bits per heavy atom. The normalized spacial score (nSPS) is 21.0. The fraction of sp³-hybridized carbons (Fsp3) is 0.600. The van der Waals surface area contributed by atoms with Crippen LogP contribution in [0.3, 0.4) is 0 Å². The predicted octanol–water partition coefficient (Wildman–Crippen LogP) is 3.23. The van der Waals surface area contributed by atoms with Crippen molar-refractivity contribution in [3.05, 3.63) is 23.8 Å². The summed E-state index contributed by atoms with van der Waals surface area (Å²) in [6, 6.07) is 5.50. The number of nitrogens with zero attached hydrogens (tertiary/aromatic N) is 2. The molecule has 0 radical (unpaired) electrons. The van der Waals surface area contributed by atoms with Gasteiger partial charge in [0, 0.05) is 13.0 Å². The minimum Gasteiger partial charge on any atom is -0.491 e. The molecule has 1 saturated heterocycles. The molecule has 2 unspecified atom stereocenters. The van der Waals surface area contributed by atoms with Crippen molar-refractivity contribution in [1.29, 1.82) is 0 Å². The number of amides is 1. The van der Waals surface area contributed by atoms with Crippen LogP contribution in [0.1, 0.15) is 58.9 Å². The highest BCUT2D eigenvalue weighted by molar-refractivity contribution is 7.85. The van der Waals surface area contributed by atoms with Gasteiger partial charge in [-0.1, -0.05) is 33.8 Å². The van der Waals surface area contributed by atoms with E-state index in [4.69, 9.17) is 10.5 Å². The van der Waals surface area contributed by atoms with Crippen molar-refractivity contribution in [2.45, 2.75) is 59.4 Å². The Bertz CT molecular complexity index is 736. The third-order valence-electron chi connectivity index (χ3n) is 4.62. The number of carbonyl (C=O) groups excluding carboxylic acids is 1. The van der Waals surface area contributed by atoms with Crippen LogP contribution in [0.15, 0.2) is 22.6 Å². The number of piperidine rings is 1. The third-order valence-corrected chi connectivity index (χ3v) is 5.38. The van der Waals surface area contributed by atoms with Crippen LogP contribution in [0.5, 0.6) is 5.75 Å². The van der Waals surface area contributed by atoms with E-state index in [1.165, 1.54) is 0 Å². The van der Waals surface area contributed by atoms with Crippen LogP contribution >= 0.6 is 0 Å². The van der Waals surface area contributed by atoms with Crippen LogP contribution in [-0.2, 0) is 16.0 Å². The number of fused-ring (bicyclic) bond motifs is 1. The molecule has 3 rings (SSSR count). The predicted molar refractivity (Wildman–Crippen MR) is 115 cm³/mol. The molecule has 7 nitrogen and oxygen atoms in total. The van der Waals surface area contributed by atoms with Crippen molar-refractivity contribution < 1.29 is 13.7 Å². The van der Waals surface area contributed by atoms with Crippen LogP contribution in [0, 0.1) is 5.92 Å². The molecule has 2 aliphatic rings. The number of amidine groups is 1. The second kappa shape index (κ2) is 10.5. The highest BCUT2D eigenvalue weighted by Crippen LogP contribution is 2.30. The summed E-state index contributed by atoms with van der Waals surface area (Å²) in [6.07, 6.45) is 3.63. The van der Waals surface area contributed by atoms with Crippen molar-refractivity contribution in [2.75, 3.05) is 17.9 Å². The number of benzene rings is 1. The lowest BCUT2D eigenvalue weighted by Gasteiger charge is -2.36. The van der Waals surface area contributed by atoms with Gasteiger partial charge in [0.05, 0.1) is 17.3 Å². The maximum atomic E-state index is 12.5. The Morgan fingerprint density at radius 3 is 2.86 bits per heavy atom. The molecule has 0 spiro atoms. The molecule has 3 N–H and O–H groups in total. The number of hydrogen-bond donors (Lipinski definition) is 2. The molecule has 1 fully saturated rings. The average Bonchev–Trinajstić information content (AvgIpc) is 2.67. The van der Waals surface area contributed by atoms with Gasteiger partial charge in [0.1, 0.15) is 18.2 Å². The molecule has 0 aromatic heterocycles. The van der Waals surface area contributed by atoms with Gasteiger partial charge < -0.3 is 15.4 Å². The summed E-state index contributed by atoms with van der Waals surface area (Å²) < 4.78 is 24.3. The Hall–Kier alpha value is -2.09. The van der Waals surface area contributed by atoms with E-state index in [9.17, 15) is 9.00 Å². The Labute approximate surface area is 170 Å². The average molecular weight is 409 g/mol. The molecule has 0 saturated carbocycles. The SMILES string of the molecule is CC.CC(C)CC(=O)N1CCCCC1COc1cccc2c1C(N)=NS(=O)N2. The van der Waals surface area contributed by atoms with E-state index in [2.05, 4.69) is 23.0 Å². The molecule has 8 heteroatoms. The lowest BCUT2D eigenvalue weighted by atomic mass is 10.0. The fourth-order valence-corrected chi connectivity index (χ4v) is 4.08. The quantitative estimate of drug-likeness (QED) is 0.782. The topological polar surface area (TPSA) is 97.0 Å². The van der Waals surface area contributed by atoms with Gasteiger partial charge in [-0.2, -0.15) is 4.40 Å². The lowest BCUT2D eigenvalue weighted by molar-refractivity contribution is -0.136. The first-order valence-corrected chi connectivity index (χ1v) is 11.1. The van der Waals surface area contributed by atoms with Crippen LogP contribution in [0.2, 0.25) is 0 Å². The summed E-state index contributed by atoms with van der Waals surface area (Å²) in [5.74, 6) is 1.33. The third kappa shape index (κ3) is 5.47. The van der Waals surface area contributed by atoms with E-state index >= 15 is 0 Å². The summed E-state index contributed by atoms with van der Waals surface area (Å²) in [7, 11) is 0. The molecule has 1 aromatic rings. The van der Waals surface area contributed by atoms with Gasteiger partial charge in [-0.05, 0) is 37.3 Å². The molecular weight excluding hydrogens is 376 g/mol. The summed E-state index contributed by atoms with van der Waals surface area (Å²) in [4.78, 5) is 14.5. The lowest BCUT2D eigenvalue weighted by Crippen LogP contribution is -2.47. The number of rotatable bonds is 5. The number of carbonyl (C=O) groups is 1. The van der Waals surface area contributed by atoms with Gasteiger partial charge >= 0.3 is 0 Å². The number of hydrogen-bond acceptors (Lipinski definition) is 4. The van der Waals surface area contributed by atoms with E-state index in [0.717, 1.165) is 25.8 Å². The Morgan fingerprint density at radius 1 is 1.39 bits per heavy atom. The summed E-state index contributed by atoms with van der Waals surface area (Å²) in [5.41, 5.74) is 7.22. The van der Waals surface area contributed by atoms with Gasteiger partial charge in [-0.15, -0.1) is 0 Å². The number of likely N-dealkylation sites (tertiary alicyclic amines) is 1. The van der Waals surface area contributed by atoms with Gasteiger partial charge in [0.25, 0.3) is 0 Å². The van der Waals surface area contributed by atoms with Crippen LogP contribution in [0.4, 0.5) is 5.69 Å². The van der Waals surface area contributed by atoms with E-state index in [1.807, 2.05) is 30.9 Å². The zero-order valence-electron chi connectivity index (χ0n) is 17.2. The number of ether oxygens (including phenoxy) is 1. The number of anilines is 1. The van der Waals surface area contributed by atoms with E-state index in [0.29, 0.717) is 35.9 Å². The standard InChI is InChI=1S/C18H26N4O3S.C2H6/c1-12(2)10-16(23)22-9-4-3-6-13(22)11-25-15-8-5-7-14-17(15)18(19)21-26(24)20-14;1-2/h5,7-8,12-13,20H,3-4,6,9-11H2,1-2H3,(H2,19,21);1-2H3. The largest absolute Gasteiger partial charge is 0.491 e. The first-order valence-electron chi connectivity index (χ1n) is 10.0. The summed E-state index contributed by atoms with van der Waals surface area (Å²) in [6.45, 7) is 9.32. The van der Waals surface area contributed by atoms with Gasteiger partial charge in [0.15, 0.2) is 0 Å². The zero-order valence-corrected chi connectivity index (χ0v) is 18.1. The van der Waals surface area contributed by atoms with Gasteiger partial charge in [-0.3, -0.25) is 9.52 Å². The number of nitrogens with one attached hydrogen (secondary N) is 1. The molecular formula is C20H32N4O3S. The van der Waals surface area contributed by atoms with Crippen molar-refractivity contribution in [2.24, 2.45) is 16.0 Å². The first kappa shape index (κ1) is 22.2. The van der Waals surface area contributed by atoms with E-state index in [-0.39, 0.29) is 17.8 Å². The maximum absolute atomic E-state index is 12.5. The van der Waals surface area contributed by atoms with Crippen molar-refractivity contribution in [3.63, 3.8) is 0 Å². The van der Waals surface area contributed by atoms with Gasteiger partial charge in [0.2, 0.25) is 17.1 Å². The Kier molecular flexibility index (Phi) is 8.29. The summed E-state index contributed by atoms with van der Waals surface area (Å²) >= 11 is -1.56. The smallest absolute Gasteiger partial charge is 0.245 e. The highest BCUT2D eigenvalue weighted by atomic mass is 32.2. The van der Waals surface area contributed by atoms with Crippen molar-refractivity contribution in [1.82, 2.24) is 4.90 Å². The fourth-order valence-electron chi connectivity index (χ4n) is 3.41. The molecule has 2 atom stereocenters. The molecule has 0 bridgehead atoms. The monoisotopic (exact) mass is 408 g/mol. The second-order valence-corrected chi connectivity index (χ2v) is 8.04. The molecule has 1 amide bonds. The molecule has 2 aliphatic heterocycles. The second-order valence-electron chi connectivity index (χ2n) is 7.15. The van der Waals surface area contributed by atoms with Crippen LogP contribution in [-0.4, -0.2) is 40.0 Å². The molecule has 156 valence electrons. The molecule has 1 aromatic carbocycles. The van der Waals surface area contributed by atoms with Crippen molar-refractivity contribution >= 4 is 28.6 Å². The first-order chi connectivity index (χ1) is 13.5. The van der Waals surface area contributed by atoms with Crippen LogP contribution < -0.4 is 15.2 Å². The summed E-state index contributed by atoms with van der Waals surface area (Å²) in [5, 5.41) is 0. The minimum atomic E-state index is -1.56. The zero-order chi connectivity index (χ0) is 20.7. The molecule has 28 heavy (non-hydrogen) atoms. The van der Waals surface area contributed by atoms with E-state index < -0.39 is 11.2 Å². The van der Waals surface area contributed by atoms with Crippen LogP contribution in [0.25, 0.3) is 0 Å².